The molecule has 0 aliphatic rings. The highest BCUT2D eigenvalue weighted by Crippen LogP contribution is 2.16. The summed E-state index contributed by atoms with van der Waals surface area (Å²) < 4.78 is 5.95. The standard InChI is InChI=1S/C24H34O/c1-5-19-9-11-23(21(7-3)17-19)13-15-25-16-14-24-12-10-20(6-2)18-22(24)8-4/h9-12,17-18H,5-8,13-16H2,1-4H3. The lowest BCUT2D eigenvalue weighted by atomic mass is 9.98. The van der Waals surface area contributed by atoms with Crippen molar-refractivity contribution in [3.63, 3.8) is 0 Å². The predicted octanol–water partition coefficient (Wildman–Crippen LogP) is 5.74. The molecule has 1 heteroatoms. The molecule has 0 unspecified atom stereocenters. The molecule has 0 saturated carbocycles. The van der Waals surface area contributed by atoms with Gasteiger partial charge in [-0.05, 0) is 71.9 Å². The fourth-order valence-electron chi connectivity index (χ4n) is 3.41. The summed E-state index contributed by atoms with van der Waals surface area (Å²) in [6, 6.07) is 13.8. The largest absolute Gasteiger partial charge is 0.381 e. The first-order valence-electron chi connectivity index (χ1n) is 10.0. The Balaban J connectivity index is 1.82. The van der Waals surface area contributed by atoms with Gasteiger partial charge in [0.05, 0.1) is 13.2 Å². The van der Waals surface area contributed by atoms with E-state index in [4.69, 9.17) is 4.74 Å². The number of hydrogen-bond acceptors (Lipinski definition) is 1. The topological polar surface area (TPSA) is 9.23 Å². The molecule has 0 heterocycles. The fourth-order valence-corrected chi connectivity index (χ4v) is 3.41. The van der Waals surface area contributed by atoms with Gasteiger partial charge in [0.1, 0.15) is 0 Å². The highest BCUT2D eigenvalue weighted by Gasteiger charge is 2.04. The van der Waals surface area contributed by atoms with Crippen molar-refractivity contribution in [2.45, 2.75) is 66.2 Å². The van der Waals surface area contributed by atoms with Crippen LogP contribution in [-0.4, -0.2) is 13.2 Å². The molecule has 0 aliphatic heterocycles. The highest BCUT2D eigenvalue weighted by molar-refractivity contribution is 5.33. The van der Waals surface area contributed by atoms with Crippen LogP contribution in [0.25, 0.3) is 0 Å². The van der Waals surface area contributed by atoms with Crippen LogP contribution >= 0.6 is 0 Å². The first-order valence-corrected chi connectivity index (χ1v) is 10.0. The van der Waals surface area contributed by atoms with Crippen LogP contribution in [-0.2, 0) is 43.3 Å². The van der Waals surface area contributed by atoms with Crippen LogP contribution in [0.2, 0.25) is 0 Å². The fraction of sp³-hybridized carbons (Fsp3) is 0.500. The van der Waals surface area contributed by atoms with Crippen LogP contribution in [0.4, 0.5) is 0 Å². The molecule has 2 aromatic rings. The predicted molar refractivity (Wildman–Crippen MR) is 109 cm³/mol. The van der Waals surface area contributed by atoms with E-state index >= 15 is 0 Å². The summed E-state index contributed by atoms with van der Waals surface area (Å²) in [5, 5.41) is 0. The molecular formula is C24H34O. The quantitative estimate of drug-likeness (QED) is 0.502. The van der Waals surface area contributed by atoms with Crippen LogP contribution in [0.15, 0.2) is 36.4 Å². The lowest BCUT2D eigenvalue weighted by molar-refractivity contribution is 0.140. The molecule has 2 aromatic carbocycles. The summed E-state index contributed by atoms with van der Waals surface area (Å²) >= 11 is 0. The second kappa shape index (κ2) is 10.4. The molecule has 25 heavy (non-hydrogen) atoms. The maximum Gasteiger partial charge on any atom is 0.0506 e. The zero-order valence-electron chi connectivity index (χ0n) is 16.5. The minimum absolute atomic E-state index is 0.812. The number of aryl methyl sites for hydroxylation is 4. The zero-order chi connectivity index (χ0) is 18.1. The molecule has 0 aliphatic carbocycles. The van der Waals surface area contributed by atoms with Gasteiger partial charge in [-0.2, -0.15) is 0 Å². The van der Waals surface area contributed by atoms with Crippen LogP contribution in [0.5, 0.6) is 0 Å². The normalized spacial score (nSPS) is 11.0. The SMILES string of the molecule is CCc1ccc(CCOCCc2ccc(CC)cc2CC)c(CC)c1. The minimum Gasteiger partial charge on any atom is -0.381 e. The molecule has 0 radical (unpaired) electrons. The van der Waals surface area contributed by atoms with Crippen molar-refractivity contribution in [2.75, 3.05) is 13.2 Å². The van der Waals surface area contributed by atoms with E-state index in [2.05, 4.69) is 64.1 Å². The third-order valence-corrected chi connectivity index (χ3v) is 5.15. The molecule has 136 valence electrons. The Labute approximate surface area is 154 Å². The third kappa shape index (κ3) is 5.71. The maximum atomic E-state index is 5.95. The summed E-state index contributed by atoms with van der Waals surface area (Å²) in [6.07, 6.45) is 6.46. The van der Waals surface area contributed by atoms with E-state index in [1.807, 2.05) is 0 Å². The van der Waals surface area contributed by atoms with Crippen LogP contribution in [0.3, 0.4) is 0 Å². The van der Waals surface area contributed by atoms with Gasteiger partial charge in [-0.1, -0.05) is 64.1 Å². The highest BCUT2D eigenvalue weighted by atomic mass is 16.5. The van der Waals surface area contributed by atoms with Gasteiger partial charge in [-0.3, -0.25) is 0 Å². The lowest BCUT2D eigenvalue weighted by Crippen LogP contribution is -2.06. The summed E-state index contributed by atoms with van der Waals surface area (Å²) in [5.74, 6) is 0. The minimum atomic E-state index is 0.812. The molecule has 0 spiro atoms. The Morgan fingerprint density at radius 3 is 1.36 bits per heavy atom. The van der Waals surface area contributed by atoms with Gasteiger partial charge in [-0.15, -0.1) is 0 Å². The van der Waals surface area contributed by atoms with E-state index in [-0.39, 0.29) is 0 Å². The molecule has 0 bridgehead atoms. The average molecular weight is 339 g/mol. The van der Waals surface area contributed by atoms with Crippen molar-refractivity contribution in [1.29, 1.82) is 0 Å². The molecule has 0 atom stereocenters. The van der Waals surface area contributed by atoms with Crippen molar-refractivity contribution in [2.24, 2.45) is 0 Å². The monoisotopic (exact) mass is 338 g/mol. The van der Waals surface area contributed by atoms with Gasteiger partial charge < -0.3 is 4.74 Å². The number of hydrogen-bond donors (Lipinski definition) is 0. The van der Waals surface area contributed by atoms with E-state index < -0.39 is 0 Å². The summed E-state index contributed by atoms with van der Waals surface area (Å²) in [5.41, 5.74) is 8.72. The van der Waals surface area contributed by atoms with Crippen LogP contribution in [0.1, 0.15) is 61.1 Å². The summed E-state index contributed by atoms with van der Waals surface area (Å²) in [4.78, 5) is 0. The Morgan fingerprint density at radius 2 is 1.00 bits per heavy atom. The van der Waals surface area contributed by atoms with Gasteiger partial charge >= 0.3 is 0 Å². The second-order valence-corrected chi connectivity index (χ2v) is 6.73. The van der Waals surface area contributed by atoms with Gasteiger partial charge in [0.25, 0.3) is 0 Å². The first kappa shape index (κ1) is 19.7. The van der Waals surface area contributed by atoms with E-state index in [9.17, 15) is 0 Å². The molecule has 2 rings (SSSR count). The summed E-state index contributed by atoms with van der Waals surface area (Å²) in [7, 11) is 0. The maximum absolute atomic E-state index is 5.95. The average Bonchev–Trinajstić information content (AvgIpc) is 2.67. The van der Waals surface area contributed by atoms with Gasteiger partial charge in [0.2, 0.25) is 0 Å². The Bertz CT molecular complexity index is 600. The molecule has 0 saturated heterocycles. The van der Waals surface area contributed by atoms with Crippen molar-refractivity contribution in [3.05, 3.63) is 69.8 Å². The smallest absolute Gasteiger partial charge is 0.0506 e. The van der Waals surface area contributed by atoms with Crippen molar-refractivity contribution < 1.29 is 4.74 Å². The second-order valence-electron chi connectivity index (χ2n) is 6.73. The third-order valence-electron chi connectivity index (χ3n) is 5.15. The van der Waals surface area contributed by atoms with Crippen molar-refractivity contribution in [3.8, 4) is 0 Å². The molecule has 1 nitrogen and oxygen atoms in total. The Hall–Kier alpha value is -1.60. The van der Waals surface area contributed by atoms with Crippen molar-refractivity contribution >= 4 is 0 Å². The molecule has 0 N–H and O–H groups in total. The van der Waals surface area contributed by atoms with Crippen LogP contribution in [0, 0.1) is 0 Å². The van der Waals surface area contributed by atoms with E-state index in [0.717, 1.165) is 51.7 Å². The lowest BCUT2D eigenvalue weighted by Gasteiger charge is -2.12. The Morgan fingerprint density at radius 1 is 0.560 bits per heavy atom. The first-order chi connectivity index (χ1) is 12.2. The van der Waals surface area contributed by atoms with Crippen LogP contribution < -0.4 is 0 Å². The summed E-state index contributed by atoms with van der Waals surface area (Å²) in [6.45, 7) is 10.5. The molecule has 0 amide bonds. The van der Waals surface area contributed by atoms with Crippen molar-refractivity contribution in [1.82, 2.24) is 0 Å². The van der Waals surface area contributed by atoms with Gasteiger partial charge in [0, 0.05) is 0 Å². The zero-order valence-corrected chi connectivity index (χ0v) is 16.5. The van der Waals surface area contributed by atoms with Gasteiger partial charge in [0.15, 0.2) is 0 Å². The number of benzene rings is 2. The number of rotatable bonds is 10. The number of ether oxygens (including phenoxy) is 1. The van der Waals surface area contributed by atoms with E-state index in [1.54, 1.807) is 0 Å². The molecular weight excluding hydrogens is 304 g/mol. The Kier molecular flexibility index (Phi) is 8.21. The van der Waals surface area contributed by atoms with Gasteiger partial charge in [-0.25, -0.2) is 0 Å². The van der Waals surface area contributed by atoms with E-state index in [1.165, 1.54) is 33.4 Å². The van der Waals surface area contributed by atoms with E-state index in [0.29, 0.717) is 0 Å². The molecule has 0 fully saturated rings. The molecule has 0 aromatic heterocycles.